The van der Waals surface area contributed by atoms with Crippen molar-refractivity contribution in [2.24, 2.45) is 0 Å². The number of benzene rings is 2. The van der Waals surface area contributed by atoms with Crippen LogP contribution in [0.25, 0.3) is 0 Å². The Morgan fingerprint density at radius 2 is 2.04 bits per heavy atom. The fraction of sp³-hybridized carbons (Fsp3) is 0.250. The SMILES string of the molecule is Cc1ccc(Cc2nnc(NC(=O)c3ccc4c(c3)CC(C)O4)s2)cc1. The van der Waals surface area contributed by atoms with Gasteiger partial charge in [-0.05, 0) is 43.2 Å². The number of carbonyl (C=O) groups excluding carboxylic acids is 1. The Balaban J connectivity index is 1.43. The quantitative estimate of drug-likeness (QED) is 0.759. The molecule has 1 aromatic heterocycles. The number of aryl methyl sites for hydroxylation is 1. The van der Waals surface area contributed by atoms with Crippen molar-refractivity contribution in [3.8, 4) is 5.75 Å². The van der Waals surface area contributed by atoms with Gasteiger partial charge in [0.25, 0.3) is 5.91 Å². The van der Waals surface area contributed by atoms with Crippen LogP contribution in [0.1, 0.15) is 39.0 Å². The zero-order chi connectivity index (χ0) is 18.1. The summed E-state index contributed by atoms with van der Waals surface area (Å²) in [5.74, 6) is 0.690. The maximum absolute atomic E-state index is 12.5. The molecule has 1 N–H and O–H groups in total. The number of carbonyl (C=O) groups is 1. The van der Waals surface area contributed by atoms with E-state index in [9.17, 15) is 4.79 Å². The number of fused-ring (bicyclic) bond motifs is 1. The van der Waals surface area contributed by atoms with Gasteiger partial charge in [-0.1, -0.05) is 41.2 Å². The van der Waals surface area contributed by atoms with E-state index in [4.69, 9.17) is 4.74 Å². The van der Waals surface area contributed by atoms with E-state index in [2.05, 4.69) is 46.7 Å². The summed E-state index contributed by atoms with van der Waals surface area (Å²) < 4.78 is 5.68. The van der Waals surface area contributed by atoms with Gasteiger partial charge in [-0.15, -0.1) is 10.2 Å². The maximum atomic E-state index is 12.5. The number of hydrogen-bond donors (Lipinski definition) is 1. The standard InChI is InChI=1S/C20H19N3O2S/c1-12-3-5-14(6-4-12)10-18-22-23-20(26-18)21-19(24)15-7-8-17-16(11-15)9-13(2)25-17/h3-8,11,13H,9-10H2,1-2H3,(H,21,23,24). The summed E-state index contributed by atoms with van der Waals surface area (Å²) in [7, 11) is 0. The van der Waals surface area contributed by atoms with E-state index in [1.54, 1.807) is 6.07 Å². The van der Waals surface area contributed by atoms with Crippen LogP contribution in [0.2, 0.25) is 0 Å². The summed E-state index contributed by atoms with van der Waals surface area (Å²) in [6.07, 6.45) is 1.70. The van der Waals surface area contributed by atoms with Gasteiger partial charge in [0.2, 0.25) is 5.13 Å². The molecule has 132 valence electrons. The average molecular weight is 365 g/mol. The molecule has 1 aliphatic heterocycles. The van der Waals surface area contributed by atoms with Crippen LogP contribution in [0.3, 0.4) is 0 Å². The molecular weight excluding hydrogens is 346 g/mol. The minimum absolute atomic E-state index is 0.163. The molecule has 5 nitrogen and oxygen atoms in total. The number of rotatable bonds is 4. The third-order valence-corrected chi connectivity index (χ3v) is 5.16. The fourth-order valence-corrected chi connectivity index (χ4v) is 3.76. The third-order valence-electron chi connectivity index (χ3n) is 4.32. The Morgan fingerprint density at radius 3 is 2.85 bits per heavy atom. The van der Waals surface area contributed by atoms with E-state index < -0.39 is 0 Å². The molecule has 1 unspecified atom stereocenters. The van der Waals surface area contributed by atoms with E-state index in [0.717, 1.165) is 22.7 Å². The maximum Gasteiger partial charge on any atom is 0.257 e. The molecule has 0 fully saturated rings. The molecule has 3 aromatic rings. The predicted molar refractivity (Wildman–Crippen MR) is 102 cm³/mol. The highest BCUT2D eigenvalue weighted by Gasteiger charge is 2.20. The van der Waals surface area contributed by atoms with E-state index >= 15 is 0 Å². The minimum Gasteiger partial charge on any atom is -0.490 e. The van der Waals surface area contributed by atoms with Crippen LogP contribution >= 0.6 is 11.3 Å². The summed E-state index contributed by atoms with van der Waals surface area (Å²) in [6.45, 7) is 4.09. The van der Waals surface area contributed by atoms with Crippen molar-refractivity contribution in [1.29, 1.82) is 0 Å². The van der Waals surface area contributed by atoms with Gasteiger partial charge >= 0.3 is 0 Å². The molecule has 6 heteroatoms. The molecule has 4 rings (SSSR count). The molecule has 1 atom stereocenters. The first-order valence-electron chi connectivity index (χ1n) is 8.56. The molecule has 2 aromatic carbocycles. The Kier molecular flexibility index (Phi) is 4.42. The monoisotopic (exact) mass is 365 g/mol. The lowest BCUT2D eigenvalue weighted by Gasteiger charge is -2.04. The molecule has 1 amide bonds. The third kappa shape index (κ3) is 3.60. The highest BCUT2D eigenvalue weighted by atomic mass is 32.1. The summed E-state index contributed by atoms with van der Waals surface area (Å²) in [6, 6.07) is 13.9. The molecule has 26 heavy (non-hydrogen) atoms. The Morgan fingerprint density at radius 1 is 1.23 bits per heavy atom. The van der Waals surface area contributed by atoms with Gasteiger partial charge in [-0.2, -0.15) is 0 Å². The van der Waals surface area contributed by atoms with Gasteiger partial charge in [-0.25, -0.2) is 0 Å². The normalized spacial score (nSPS) is 15.4. The number of anilines is 1. The summed E-state index contributed by atoms with van der Waals surface area (Å²) in [5, 5.41) is 12.5. The molecule has 2 heterocycles. The number of nitrogens with one attached hydrogen (secondary N) is 1. The number of amides is 1. The van der Waals surface area contributed by atoms with Crippen LogP contribution in [-0.2, 0) is 12.8 Å². The lowest BCUT2D eigenvalue weighted by Crippen LogP contribution is -2.11. The number of aromatic nitrogens is 2. The van der Waals surface area contributed by atoms with Crippen molar-refractivity contribution < 1.29 is 9.53 Å². The predicted octanol–water partition coefficient (Wildman–Crippen LogP) is 4.01. The second-order valence-electron chi connectivity index (χ2n) is 6.57. The highest BCUT2D eigenvalue weighted by molar-refractivity contribution is 7.15. The van der Waals surface area contributed by atoms with Crippen molar-refractivity contribution >= 4 is 22.4 Å². The zero-order valence-electron chi connectivity index (χ0n) is 14.7. The number of nitrogens with zero attached hydrogens (tertiary/aromatic N) is 2. The molecule has 0 saturated carbocycles. The second-order valence-corrected chi connectivity index (χ2v) is 7.63. The van der Waals surface area contributed by atoms with Crippen LogP contribution < -0.4 is 10.1 Å². The zero-order valence-corrected chi connectivity index (χ0v) is 15.5. The number of hydrogen-bond acceptors (Lipinski definition) is 5. The van der Waals surface area contributed by atoms with Crippen LogP contribution in [-0.4, -0.2) is 22.2 Å². The van der Waals surface area contributed by atoms with E-state index in [0.29, 0.717) is 17.1 Å². The summed E-state index contributed by atoms with van der Waals surface area (Å²) >= 11 is 1.40. The lowest BCUT2D eigenvalue weighted by atomic mass is 10.1. The van der Waals surface area contributed by atoms with Crippen molar-refractivity contribution in [3.05, 3.63) is 69.7 Å². The first-order valence-corrected chi connectivity index (χ1v) is 9.37. The lowest BCUT2D eigenvalue weighted by molar-refractivity contribution is 0.102. The van der Waals surface area contributed by atoms with Gasteiger partial charge in [-0.3, -0.25) is 10.1 Å². The average Bonchev–Trinajstić information content (AvgIpc) is 3.21. The number of ether oxygens (including phenoxy) is 1. The van der Waals surface area contributed by atoms with E-state index in [-0.39, 0.29) is 12.0 Å². The largest absolute Gasteiger partial charge is 0.490 e. The smallest absolute Gasteiger partial charge is 0.257 e. The van der Waals surface area contributed by atoms with Crippen LogP contribution in [0, 0.1) is 6.92 Å². The fourth-order valence-electron chi connectivity index (χ4n) is 2.99. The van der Waals surface area contributed by atoms with Gasteiger partial charge in [0.05, 0.1) is 0 Å². The topological polar surface area (TPSA) is 64.1 Å². The highest BCUT2D eigenvalue weighted by Crippen LogP contribution is 2.29. The minimum atomic E-state index is -0.176. The Bertz CT molecular complexity index is 950. The van der Waals surface area contributed by atoms with E-state index in [1.165, 1.54) is 22.5 Å². The first kappa shape index (κ1) is 16.7. The Labute approximate surface area is 156 Å². The molecule has 0 aliphatic carbocycles. The summed E-state index contributed by atoms with van der Waals surface area (Å²) in [4.78, 5) is 12.5. The first-order chi connectivity index (χ1) is 12.6. The molecular formula is C20H19N3O2S. The van der Waals surface area contributed by atoms with Crippen molar-refractivity contribution in [3.63, 3.8) is 0 Å². The van der Waals surface area contributed by atoms with Crippen molar-refractivity contribution in [1.82, 2.24) is 10.2 Å². The van der Waals surface area contributed by atoms with Gasteiger partial charge in [0.15, 0.2) is 0 Å². The molecule has 0 spiro atoms. The van der Waals surface area contributed by atoms with E-state index in [1.807, 2.05) is 19.1 Å². The van der Waals surface area contributed by atoms with Crippen LogP contribution in [0.5, 0.6) is 5.75 Å². The van der Waals surface area contributed by atoms with Gasteiger partial charge in [0, 0.05) is 18.4 Å². The Hall–Kier alpha value is -2.73. The van der Waals surface area contributed by atoms with Crippen molar-refractivity contribution in [2.75, 3.05) is 5.32 Å². The van der Waals surface area contributed by atoms with Crippen molar-refractivity contribution in [2.45, 2.75) is 32.8 Å². The molecule has 0 radical (unpaired) electrons. The van der Waals surface area contributed by atoms with Crippen LogP contribution in [0.4, 0.5) is 5.13 Å². The van der Waals surface area contributed by atoms with Crippen LogP contribution in [0.15, 0.2) is 42.5 Å². The van der Waals surface area contributed by atoms with Gasteiger partial charge in [0.1, 0.15) is 16.9 Å². The molecule has 1 aliphatic rings. The van der Waals surface area contributed by atoms with Gasteiger partial charge < -0.3 is 4.74 Å². The molecule has 0 bridgehead atoms. The summed E-state index contributed by atoms with van der Waals surface area (Å²) in [5.41, 5.74) is 4.09. The second kappa shape index (κ2) is 6.88. The molecule has 0 saturated heterocycles.